The molecule has 25 heavy (non-hydrogen) atoms. The highest BCUT2D eigenvalue weighted by Gasteiger charge is 2.33. The van der Waals surface area contributed by atoms with E-state index in [0.29, 0.717) is 29.5 Å². The van der Waals surface area contributed by atoms with Crippen LogP contribution < -0.4 is 5.32 Å². The lowest BCUT2D eigenvalue weighted by Crippen LogP contribution is -2.43. The number of hydrogen-bond acceptors (Lipinski definition) is 5. The van der Waals surface area contributed by atoms with Gasteiger partial charge in [0.05, 0.1) is 10.8 Å². The Bertz CT molecular complexity index is 865. The van der Waals surface area contributed by atoms with Crippen molar-refractivity contribution in [1.29, 1.82) is 0 Å². The van der Waals surface area contributed by atoms with E-state index in [1.54, 1.807) is 18.3 Å². The van der Waals surface area contributed by atoms with Crippen LogP contribution in [0.3, 0.4) is 0 Å². The molecule has 0 saturated carbocycles. The molecule has 1 fully saturated rings. The second kappa shape index (κ2) is 7.41. The Morgan fingerprint density at radius 1 is 1.36 bits per heavy atom. The first-order chi connectivity index (χ1) is 11.9. The Morgan fingerprint density at radius 3 is 2.72 bits per heavy atom. The number of aryl methyl sites for hydroxylation is 1. The zero-order valence-electron chi connectivity index (χ0n) is 13.6. The van der Waals surface area contributed by atoms with E-state index >= 15 is 0 Å². The Labute approximate surface area is 155 Å². The van der Waals surface area contributed by atoms with Gasteiger partial charge in [-0.15, -0.1) is 11.3 Å². The molecule has 1 unspecified atom stereocenters. The lowest BCUT2D eigenvalue weighted by Gasteiger charge is -2.31. The quantitative estimate of drug-likeness (QED) is 0.856. The number of nitrogens with one attached hydrogen (secondary N) is 1. The van der Waals surface area contributed by atoms with Crippen LogP contribution in [0.1, 0.15) is 17.7 Å². The number of halogens is 1. The lowest BCUT2D eigenvalue weighted by atomic mass is 9.99. The van der Waals surface area contributed by atoms with Gasteiger partial charge in [-0.3, -0.25) is 4.79 Å². The second-order valence-corrected chi connectivity index (χ2v) is 9.53. The molecule has 0 bridgehead atoms. The maximum absolute atomic E-state index is 12.8. The van der Waals surface area contributed by atoms with Gasteiger partial charge >= 0.3 is 0 Å². The highest BCUT2D eigenvalue weighted by molar-refractivity contribution is 7.89. The van der Waals surface area contributed by atoms with Crippen molar-refractivity contribution in [2.75, 3.05) is 18.4 Å². The number of rotatable bonds is 4. The monoisotopic (exact) mass is 399 g/mol. The van der Waals surface area contributed by atoms with Crippen LogP contribution in [-0.2, 0) is 14.8 Å². The molecule has 0 aliphatic carbocycles. The molecule has 2 aromatic rings. The van der Waals surface area contributed by atoms with Gasteiger partial charge in [0.25, 0.3) is 0 Å². The second-order valence-electron chi connectivity index (χ2n) is 5.92. The molecule has 0 radical (unpaired) electrons. The molecule has 1 aromatic carbocycles. The summed E-state index contributed by atoms with van der Waals surface area (Å²) >= 11 is 7.22. The molecule has 2 heterocycles. The summed E-state index contributed by atoms with van der Waals surface area (Å²) < 4.78 is 26.9. The predicted octanol–water partition coefficient (Wildman–Crippen LogP) is 3.14. The van der Waals surface area contributed by atoms with Crippen LogP contribution in [0.15, 0.2) is 35.4 Å². The fourth-order valence-electron chi connectivity index (χ4n) is 2.75. The maximum atomic E-state index is 12.8. The summed E-state index contributed by atoms with van der Waals surface area (Å²) in [4.78, 5) is 17.8. The first-order valence-corrected chi connectivity index (χ1v) is 10.5. The first-order valence-electron chi connectivity index (χ1n) is 7.85. The van der Waals surface area contributed by atoms with Gasteiger partial charge in [-0.2, -0.15) is 4.31 Å². The van der Waals surface area contributed by atoms with Gasteiger partial charge in [0.15, 0.2) is 5.13 Å². The highest BCUT2D eigenvalue weighted by Crippen LogP contribution is 2.26. The van der Waals surface area contributed by atoms with Gasteiger partial charge in [0.2, 0.25) is 15.9 Å². The predicted molar refractivity (Wildman–Crippen MR) is 98.4 cm³/mol. The Hall–Kier alpha value is -1.48. The van der Waals surface area contributed by atoms with E-state index in [9.17, 15) is 13.2 Å². The van der Waals surface area contributed by atoms with Crippen molar-refractivity contribution >= 4 is 44.0 Å². The van der Waals surface area contributed by atoms with Crippen molar-refractivity contribution in [2.24, 2.45) is 5.92 Å². The van der Waals surface area contributed by atoms with Crippen molar-refractivity contribution < 1.29 is 13.2 Å². The molecular formula is C16H18ClN3O3S2. The molecule has 1 aliphatic rings. The Balaban J connectivity index is 1.71. The number of sulfonamides is 1. The molecule has 1 atom stereocenters. The SMILES string of the molecule is Cc1cnc(NC(=O)C2CCCN(S(=O)(=O)c3ccc(Cl)cc3)C2)s1. The van der Waals surface area contributed by atoms with Crippen LogP contribution >= 0.6 is 22.9 Å². The van der Waals surface area contributed by atoms with Gasteiger partial charge in [0.1, 0.15) is 0 Å². The average Bonchev–Trinajstić information content (AvgIpc) is 3.00. The Morgan fingerprint density at radius 2 is 2.08 bits per heavy atom. The number of hydrogen-bond donors (Lipinski definition) is 1. The maximum Gasteiger partial charge on any atom is 0.243 e. The third kappa shape index (κ3) is 4.20. The largest absolute Gasteiger partial charge is 0.302 e. The smallest absolute Gasteiger partial charge is 0.243 e. The first kappa shape index (κ1) is 18.3. The molecule has 1 aromatic heterocycles. The van der Waals surface area contributed by atoms with E-state index in [1.807, 2.05) is 6.92 Å². The van der Waals surface area contributed by atoms with Crippen molar-refractivity contribution in [3.63, 3.8) is 0 Å². The van der Waals surface area contributed by atoms with Crippen LogP contribution in [0.25, 0.3) is 0 Å². The number of piperidine rings is 1. The Kier molecular flexibility index (Phi) is 5.43. The van der Waals surface area contributed by atoms with Crippen LogP contribution in [-0.4, -0.2) is 36.7 Å². The molecule has 3 rings (SSSR count). The van der Waals surface area contributed by atoms with Crippen LogP contribution in [0.5, 0.6) is 0 Å². The summed E-state index contributed by atoms with van der Waals surface area (Å²) in [5, 5.41) is 3.80. The van der Waals surface area contributed by atoms with Crippen molar-refractivity contribution in [3.8, 4) is 0 Å². The summed E-state index contributed by atoms with van der Waals surface area (Å²) in [7, 11) is -3.63. The molecule has 6 nitrogen and oxygen atoms in total. The third-order valence-electron chi connectivity index (χ3n) is 4.06. The molecule has 9 heteroatoms. The van der Waals surface area contributed by atoms with E-state index in [0.717, 1.165) is 4.88 Å². The van der Waals surface area contributed by atoms with Crippen molar-refractivity contribution in [1.82, 2.24) is 9.29 Å². The van der Waals surface area contributed by atoms with E-state index < -0.39 is 10.0 Å². The molecule has 1 aliphatic heterocycles. The summed E-state index contributed by atoms with van der Waals surface area (Å²) in [5.74, 6) is -0.578. The number of aromatic nitrogens is 1. The average molecular weight is 400 g/mol. The van der Waals surface area contributed by atoms with Crippen LogP contribution in [0.4, 0.5) is 5.13 Å². The van der Waals surface area contributed by atoms with Gasteiger partial charge in [0, 0.05) is 29.2 Å². The number of carbonyl (C=O) groups excluding carboxylic acids is 1. The number of carbonyl (C=O) groups is 1. The van der Waals surface area contributed by atoms with Gasteiger partial charge in [-0.25, -0.2) is 13.4 Å². The number of anilines is 1. The van der Waals surface area contributed by atoms with Crippen molar-refractivity contribution in [2.45, 2.75) is 24.7 Å². The topological polar surface area (TPSA) is 79.4 Å². The minimum Gasteiger partial charge on any atom is -0.302 e. The molecule has 1 N–H and O–H groups in total. The number of amides is 1. The minimum atomic E-state index is -3.63. The summed E-state index contributed by atoms with van der Waals surface area (Å²) in [6.45, 7) is 2.49. The zero-order chi connectivity index (χ0) is 18.0. The number of thiazole rings is 1. The summed E-state index contributed by atoms with van der Waals surface area (Å²) in [5.41, 5.74) is 0. The van der Waals surface area contributed by atoms with Crippen LogP contribution in [0, 0.1) is 12.8 Å². The molecule has 134 valence electrons. The highest BCUT2D eigenvalue weighted by atomic mass is 35.5. The summed E-state index contributed by atoms with van der Waals surface area (Å²) in [6, 6.07) is 6.07. The van der Waals surface area contributed by atoms with E-state index in [4.69, 9.17) is 11.6 Å². The molecule has 0 spiro atoms. The fraction of sp³-hybridized carbons (Fsp3) is 0.375. The zero-order valence-corrected chi connectivity index (χ0v) is 16.0. The van der Waals surface area contributed by atoms with Gasteiger partial charge in [-0.05, 0) is 44.0 Å². The van der Waals surface area contributed by atoms with E-state index in [-0.39, 0.29) is 23.3 Å². The lowest BCUT2D eigenvalue weighted by molar-refractivity contribution is -0.120. The van der Waals surface area contributed by atoms with Crippen LogP contribution in [0.2, 0.25) is 5.02 Å². The molecular weight excluding hydrogens is 382 g/mol. The standard InChI is InChI=1S/C16H18ClN3O3S2/c1-11-9-18-16(24-11)19-15(21)12-3-2-8-20(10-12)25(22,23)14-6-4-13(17)5-7-14/h4-7,9,12H,2-3,8,10H2,1H3,(H,18,19,21). The van der Waals surface area contributed by atoms with E-state index in [2.05, 4.69) is 10.3 Å². The summed E-state index contributed by atoms with van der Waals surface area (Å²) in [6.07, 6.45) is 2.99. The van der Waals surface area contributed by atoms with Gasteiger partial charge < -0.3 is 5.32 Å². The number of benzene rings is 1. The van der Waals surface area contributed by atoms with Gasteiger partial charge in [-0.1, -0.05) is 11.6 Å². The molecule has 1 saturated heterocycles. The van der Waals surface area contributed by atoms with E-state index in [1.165, 1.54) is 27.8 Å². The third-order valence-corrected chi connectivity index (χ3v) is 7.02. The number of nitrogens with zero attached hydrogens (tertiary/aromatic N) is 2. The fourth-order valence-corrected chi connectivity index (χ4v) is 5.07. The molecule has 1 amide bonds. The normalized spacial score (nSPS) is 18.9. The minimum absolute atomic E-state index is 0.168. The van der Waals surface area contributed by atoms with Crippen molar-refractivity contribution in [3.05, 3.63) is 40.4 Å².